The number of thiol groups is 1. The minimum atomic E-state index is -2.53. The fraction of sp³-hybridized carbons (Fsp3) is 0.100. The van der Waals surface area contributed by atoms with E-state index in [1.54, 1.807) is 5.38 Å². The summed E-state index contributed by atoms with van der Waals surface area (Å²) >= 11 is 4.96. The lowest BCUT2D eigenvalue weighted by Gasteiger charge is -2.32. The van der Waals surface area contributed by atoms with E-state index in [0.717, 1.165) is 23.5 Å². The second-order valence-corrected chi connectivity index (χ2v) is 4.59. The molecule has 84 valence electrons. The van der Waals surface area contributed by atoms with Crippen molar-refractivity contribution in [2.24, 2.45) is 0 Å². The van der Waals surface area contributed by atoms with Crippen LogP contribution >= 0.6 is 24.0 Å². The van der Waals surface area contributed by atoms with Crippen molar-refractivity contribution in [3.8, 4) is 0 Å². The Balaban J connectivity index is 2.51. The van der Waals surface area contributed by atoms with E-state index in [9.17, 15) is 14.6 Å². The first-order valence-corrected chi connectivity index (χ1v) is 5.65. The first-order valence-electron chi connectivity index (χ1n) is 4.33. The molecule has 0 spiro atoms. The summed E-state index contributed by atoms with van der Waals surface area (Å²) in [6.07, 6.45) is 1.41. The zero-order valence-electron chi connectivity index (χ0n) is 7.92. The van der Waals surface area contributed by atoms with Gasteiger partial charge in [0, 0.05) is 16.5 Å². The van der Waals surface area contributed by atoms with Crippen LogP contribution in [0.25, 0.3) is 0 Å². The fourth-order valence-corrected chi connectivity index (χ4v) is 2.20. The second kappa shape index (κ2) is 4.14. The van der Waals surface area contributed by atoms with Gasteiger partial charge < -0.3 is 10.2 Å². The monoisotopic (exact) mass is 256 g/mol. The van der Waals surface area contributed by atoms with Crippen LogP contribution in [0.4, 0.5) is 4.39 Å². The van der Waals surface area contributed by atoms with Crippen molar-refractivity contribution in [2.45, 2.75) is 10.7 Å². The second-order valence-electron chi connectivity index (χ2n) is 3.18. The lowest BCUT2D eigenvalue weighted by Crippen LogP contribution is -2.41. The summed E-state index contributed by atoms with van der Waals surface area (Å²) in [5, 5.41) is 23.3. The van der Waals surface area contributed by atoms with Gasteiger partial charge in [-0.2, -0.15) is 0 Å². The van der Waals surface area contributed by atoms with Crippen LogP contribution in [0.5, 0.6) is 0 Å². The summed E-state index contributed by atoms with van der Waals surface area (Å²) in [4.78, 5) is 4.01. The van der Waals surface area contributed by atoms with E-state index in [0.29, 0.717) is 0 Å². The molecule has 0 bridgehead atoms. The number of hydrogen-bond donors (Lipinski definition) is 2. The Morgan fingerprint density at radius 1 is 1.44 bits per heavy atom. The molecule has 2 aromatic rings. The van der Waals surface area contributed by atoms with Crippen molar-refractivity contribution in [1.82, 2.24) is 4.98 Å². The van der Waals surface area contributed by atoms with Crippen LogP contribution in [0.1, 0.15) is 10.6 Å². The highest BCUT2D eigenvalue weighted by Gasteiger charge is 2.21. The Hall–Kier alpha value is -0.950. The van der Waals surface area contributed by atoms with E-state index in [1.807, 2.05) is 0 Å². The van der Waals surface area contributed by atoms with E-state index in [1.165, 1.54) is 12.3 Å². The van der Waals surface area contributed by atoms with Gasteiger partial charge in [-0.15, -0.1) is 24.0 Å². The number of halogens is 1. The third-order valence-electron chi connectivity index (χ3n) is 2.00. The third kappa shape index (κ3) is 2.10. The van der Waals surface area contributed by atoms with Crippen molar-refractivity contribution in [3.05, 3.63) is 46.2 Å². The highest BCUT2D eigenvalue weighted by molar-refractivity contribution is 7.80. The number of benzene rings is 1. The molecule has 0 amide bonds. The minimum Gasteiger partial charge on any atom is -0.820 e. The van der Waals surface area contributed by atoms with Crippen LogP contribution in [0.3, 0.4) is 0 Å². The van der Waals surface area contributed by atoms with Crippen LogP contribution in [-0.4, -0.2) is 10.1 Å². The van der Waals surface area contributed by atoms with Gasteiger partial charge in [0.2, 0.25) is 0 Å². The maximum Gasteiger partial charge on any atom is 0.124 e. The Bertz CT molecular complexity index is 479. The van der Waals surface area contributed by atoms with E-state index in [4.69, 9.17) is 0 Å². The number of aromatic nitrogens is 1. The van der Waals surface area contributed by atoms with Crippen LogP contribution < -0.4 is 5.11 Å². The number of nitrogens with zero attached hydrogens (tertiary/aromatic N) is 1. The summed E-state index contributed by atoms with van der Waals surface area (Å²) in [7, 11) is 0. The van der Waals surface area contributed by atoms with Gasteiger partial charge in [0.25, 0.3) is 0 Å². The molecule has 1 aromatic heterocycles. The van der Waals surface area contributed by atoms with Gasteiger partial charge in [-0.1, -0.05) is 0 Å². The molecule has 16 heavy (non-hydrogen) atoms. The molecule has 0 saturated carbocycles. The van der Waals surface area contributed by atoms with Gasteiger partial charge in [0.1, 0.15) is 10.8 Å². The molecule has 6 heteroatoms. The molecule has 0 saturated heterocycles. The molecule has 1 unspecified atom stereocenters. The Morgan fingerprint density at radius 2 is 2.19 bits per heavy atom. The Kier molecular flexibility index (Phi) is 2.98. The molecule has 0 aliphatic heterocycles. The van der Waals surface area contributed by atoms with Gasteiger partial charge in [0.05, 0.1) is 5.79 Å². The van der Waals surface area contributed by atoms with Crippen molar-refractivity contribution in [3.63, 3.8) is 0 Å². The minimum absolute atomic E-state index is 0.0224. The lowest BCUT2D eigenvalue weighted by molar-refractivity contribution is -0.541. The zero-order valence-corrected chi connectivity index (χ0v) is 9.63. The summed E-state index contributed by atoms with van der Waals surface area (Å²) in [6, 6.07) is 3.46. The number of thiazole rings is 1. The molecule has 3 nitrogen and oxygen atoms in total. The molecule has 1 heterocycles. The molecule has 0 fully saturated rings. The van der Waals surface area contributed by atoms with E-state index >= 15 is 0 Å². The molecule has 1 aromatic carbocycles. The van der Waals surface area contributed by atoms with E-state index in [-0.39, 0.29) is 15.5 Å². The molecule has 0 radical (unpaired) electrons. The zero-order chi connectivity index (χ0) is 11.8. The smallest absolute Gasteiger partial charge is 0.124 e. The topological polar surface area (TPSA) is 56.2 Å². The molecule has 1 N–H and O–H groups in total. The van der Waals surface area contributed by atoms with E-state index < -0.39 is 11.6 Å². The maximum atomic E-state index is 13.1. The molecular formula is C10H7FNO2S2-. The number of hydrogen-bond acceptors (Lipinski definition) is 5. The highest BCUT2D eigenvalue weighted by Crippen LogP contribution is 2.27. The van der Waals surface area contributed by atoms with Crippen molar-refractivity contribution in [1.29, 1.82) is 0 Å². The van der Waals surface area contributed by atoms with Crippen LogP contribution in [-0.2, 0) is 5.79 Å². The van der Waals surface area contributed by atoms with Crippen LogP contribution in [0.15, 0.2) is 34.7 Å². The summed E-state index contributed by atoms with van der Waals surface area (Å²) in [6.45, 7) is 0. The summed E-state index contributed by atoms with van der Waals surface area (Å²) in [5.74, 6) is -3.15. The van der Waals surface area contributed by atoms with Gasteiger partial charge in [-0.25, -0.2) is 9.37 Å². The average Bonchev–Trinajstić information content (AvgIpc) is 2.69. The number of aliphatic hydroxyl groups is 1. The lowest BCUT2D eigenvalue weighted by atomic mass is 10.1. The molecule has 2 rings (SSSR count). The summed E-state index contributed by atoms with van der Waals surface area (Å²) < 4.78 is 13.1. The largest absolute Gasteiger partial charge is 0.820 e. The van der Waals surface area contributed by atoms with Gasteiger partial charge in [0.15, 0.2) is 0 Å². The third-order valence-corrected chi connectivity index (χ3v) is 3.12. The molecule has 1 atom stereocenters. The van der Waals surface area contributed by atoms with Gasteiger partial charge >= 0.3 is 0 Å². The quantitative estimate of drug-likeness (QED) is 0.625. The van der Waals surface area contributed by atoms with Crippen molar-refractivity contribution < 1.29 is 14.6 Å². The summed E-state index contributed by atoms with van der Waals surface area (Å²) in [5.41, 5.74) is -0.104. The maximum absolute atomic E-state index is 13.1. The van der Waals surface area contributed by atoms with Crippen LogP contribution in [0.2, 0.25) is 0 Å². The molecule has 0 aliphatic carbocycles. The predicted molar refractivity (Wildman–Crippen MR) is 58.8 cm³/mol. The fourth-order valence-electron chi connectivity index (χ4n) is 1.28. The predicted octanol–water partition coefficient (Wildman–Crippen LogP) is 1.12. The number of rotatable bonds is 2. The highest BCUT2D eigenvalue weighted by atomic mass is 32.1. The molecular weight excluding hydrogens is 249 g/mol. The van der Waals surface area contributed by atoms with Crippen LogP contribution in [0, 0.1) is 5.82 Å². The van der Waals surface area contributed by atoms with E-state index in [2.05, 4.69) is 17.6 Å². The normalized spacial score (nSPS) is 14.8. The first-order chi connectivity index (χ1) is 7.50. The van der Waals surface area contributed by atoms with Crippen molar-refractivity contribution >= 4 is 24.0 Å². The standard InChI is InChI=1S/C10H7FNO2S2/c11-7-3-6(4-8(15)5-7)10(13,14)9-12-1-2-16-9/h1-5,13,15H/q-1. The SMILES string of the molecule is [O-]C(O)(c1cc(F)cc(S)c1)c1nccs1. The van der Waals surface area contributed by atoms with Gasteiger partial charge in [-0.05, 0) is 23.8 Å². The van der Waals surface area contributed by atoms with Gasteiger partial charge in [-0.3, -0.25) is 0 Å². The molecule has 0 aliphatic rings. The first kappa shape index (κ1) is 11.5. The Morgan fingerprint density at radius 3 is 2.75 bits per heavy atom. The average molecular weight is 256 g/mol. The Labute approximate surface area is 101 Å². The van der Waals surface area contributed by atoms with Crippen molar-refractivity contribution in [2.75, 3.05) is 0 Å².